The number of hydrogen-bond donors (Lipinski definition) is 0. The molecule has 0 aromatic heterocycles. The van der Waals surface area contributed by atoms with Crippen molar-refractivity contribution in [1.29, 1.82) is 0 Å². The van der Waals surface area contributed by atoms with Crippen LogP contribution in [-0.2, 0) is 4.74 Å². The molecule has 5 nitrogen and oxygen atoms in total. The van der Waals surface area contributed by atoms with Gasteiger partial charge < -0.3 is 14.5 Å². The van der Waals surface area contributed by atoms with Crippen LogP contribution in [-0.4, -0.2) is 54.1 Å². The highest BCUT2D eigenvalue weighted by molar-refractivity contribution is 5.94. The number of carbonyl (C=O) groups excluding carboxylic acids is 2. The van der Waals surface area contributed by atoms with Crippen molar-refractivity contribution in [2.24, 2.45) is 0 Å². The fourth-order valence-electron chi connectivity index (χ4n) is 2.89. The Balaban J connectivity index is 1.59. The van der Waals surface area contributed by atoms with Crippen LogP contribution in [0.4, 0.5) is 9.18 Å². The number of nitrogens with zero attached hydrogens (tertiary/aromatic N) is 2. The lowest BCUT2D eigenvalue weighted by molar-refractivity contribution is 0.0658. The fraction of sp³-hybridized carbons (Fsp3) is 0.467. The van der Waals surface area contributed by atoms with E-state index in [4.69, 9.17) is 4.74 Å². The number of rotatable bonds is 2. The van der Waals surface area contributed by atoms with Gasteiger partial charge in [0.1, 0.15) is 12.4 Å². The van der Waals surface area contributed by atoms with Gasteiger partial charge in [0.2, 0.25) is 0 Å². The molecule has 2 amide bonds. The molecule has 0 N–H and O–H groups in total. The Bertz CT molecular complexity index is 538. The summed E-state index contributed by atoms with van der Waals surface area (Å²) in [6.45, 7) is 2.29. The summed E-state index contributed by atoms with van der Waals surface area (Å²) < 4.78 is 17.8. The maximum Gasteiger partial charge on any atom is 0.410 e. The molecule has 0 saturated carbocycles. The molecule has 0 unspecified atom stereocenters. The van der Waals surface area contributed by atoms with Crippen LogP contribution >= 0.6 is 0 Å². The highest BCUT2D eigenvalue weighted by Crippen LogP contribution is 2.21. The Morgan fingerprint density at radius 1 is 1.14 bits per heavy atom. The number of hydrogen-bond acceptors (Lipinski definition) is 3. The van der Waals surface area contributed by atoms with E-state index in [1.807, 2.05) is 0 Å². The molecule has 1 aromatic rings. The van der Waals surface area contributed by atoms with Crippen molar-refractivity contribution >= 4 is 12.0 Å². The third-order valence-electron chi connectivity index (χ3n) is 4.08. The third-order valence-corrected chi connectivity index (χ3v) is 4.08. The molecule has 3 rings (SSSR count). The van der Waals surface area contributed by atoms with Crippen molar-refractivity contribution < 1.29 is 18.7 Å². The van der Waals surface area contributed by atoms with E-state index in [0.717, 1.165) is 12.8 Å². The normalized spacial score (nSPS) is 19.8. The molecule has 0 aliphatic carbocycles. The SMILES string of the molecule is O=C(c1ccc(F)cc1)N1CCC(N2CCOC2=O)CC1. The number of amides is 2. The van der Waals surface area contributed by atoms with Crippen molar-refractivity contribution in [3.05, 3.63) is 35.6 Å². The largest absolute Gasteiger partial charge is 0.448 e. The second-order valence-electron chi connectivity index (χ2n) is 5.34. The predicted octanol–water partition coefficient (Wildman–Crippen LogP) is 1.88. The molecule has 6 heteroatoms. The maximum atomic E-state index is 12.9. The summed E-state index contributed by atoms with van der Waals surface area (Å²) in [5.74, 6) is -0.435. The summed E-state index contributed by atoms with van der Waals surface area (Å²) >= 11 is 0. The minimum absolute atomic E-state index is 0.0857. The zero-order chi connectivity index (χ0) is 14.8. The minimum Gasteiger partial charge on any atom is -0.448 e. The lowest BCUT2D eigenvalue weighted by Crippen LogP contribution is -2.47. The number of carbonyl (C=O) groups is 2. The van der Waals surface area contributed by atoms with Gasteiger partial charge in [-0.3, -0.25) is 4.79 Å². The summed E-state index contributed by atoms with van der Waals surface area (Å²) in [7, 11) is 0. The van der Waals surface area contributed by atoms with E-state index in [2.05, 4.69) is 0 Å². The number of ether oxygens (including phenoxy) is 1. The van der Waals surface area contributed by atoms with Crippen molar-refractivity contribution in [2.45, 2.75) is 18.9 Å². The van der Waals surface area contributed by atoms with E-state index in [-0.39, 0.29) is 23.9 Å². The van der Waals surface area contributed by atoms with Crippen LogP contribution < -0.4 is 0 Å². The van der Waals surface area contributed by atoms with Crippen LogP contribution in [0, 0.1) is 5.82 Å². The number of benzene rings is 1. The van der Waals surface area contributed by atoms with E-state index in [1.165, 1.54) is 24.3 Å². The molecule has 1 aromatic carbocycles. The quantitative estimate of drug-likeness (QED) is 0.836. The number of cyclic esters (lactones) is 1. The van der Waals surface area contributed by atoms with Crippen LogP contribution in [0.2, 0.25) is 0 Å². The Hall–Kier alpha value is -2.11. The van der Waals surface area contributed by atoms with Gasteiger partial charge in [-0.25, -0.2) is 9.18 Å². The van der Waals surface area contributed by atoms with Crippen molar-refractivity contribution in [2.75, 3.05) is 26.2 Å². The smallest absolute Gasteiger partial charge is 0.410 e. The molecule has 0 bridgehead atoms. The van der Waals surface area contributed by atoms with Gasteiger partial charge in [0, 0.05) is 24.7 Å². The molecule has 21 heavy (non-hydrogen) atoms. The van der Waals surface area contributed by atoms with Crippen molar-refractivity contribution in [3.63, 3.8) is 0 Å². The third kappa shape index (κ3) is 2.84. The number of piperidine rings is 1. The van der Waals surface area contributed by atoms with Gasteiger partial charge >= 0.3 is 6.09 Å². The minimum atomic E-state index is -0.349. The second-order valence-corrected chi connectivity index (χ2v) is 5.34. The molecule has 2 aliphatic heterocycles. The highest BCUT2D eigenvalue weighted by atomic mass is 19.1. The summed E-state index contributed by atoms with van der Waals surface area (Å²) in [4.78, 5) is 27.3. The number of likely N-dealkylation sites (tertiary alicyclic amines) is 1. The predicted molar refractivity (Wildman–Crippen MR) is 73.4 cm³/mol. The summed E-state index contributed by atoms with van der Waals surface area (Å²) in [6, 6.07) is 5.74. The molecular formula is C15H17FN2O3. The Morgan fingerprint density at radius 2 is 1.81 bits per heavy atom. The molecule has 2 saturated heterocycles. The standard InChI is InChI=1S/C15H17FN2O3/c16-12-3-1-11(2-4-12)14(19)17-7-5-13(6-8-17)18-9-10-21-15(18)20/h1-4,13H,5-10H2. The van der Waals surface area contributed by atoms with E-state index in [9.17, 15) is 14.0 Å². The lowest BCUT2D eigenvalue weighted by atomic mass is 10.0. The van der Waals surface area contributed by atoms with Crippen molar-refractivity contribution in [3.8, 4) is 0 Å². The van der Waals surface area contributed by atoms with Crippen LogP contribution in [0.3, 0.4) is 0 Å². The topological polar surface area (TPSA) is 49.9 Å². The molecule has 112 valence electrons. The van der Waals surface area contributed by atoms with E-state index in [1.54, 1.807) is 9.80 Å². The fourth-order valence-corrected chi connectivity index (χ4v) is 2.89. The van der Waals surface area contributed by atoms with Gasteiger partial charge in [-0.15, -0.1) is 0 Å². The zero-order valence-electron chi connectivity index (χ0n) is 11.6. The Labute approximate surface area is 122 Å². The first-order chi connectivity index (χ1) is 10.1. The average molecular weight is 292 g/mol. The van der Waals surface area contributed by atoms with E-state index in [0.29, 0.717) is 31.8 Å². The average Bonchev–Trinajstić information content (AvgIpc) is 2.94. The Morgan fingerprint density at radius 3 is 2.38 bits per heavy atom. The molecule has 2 heterocycles. The molecular weight excluding hydrogens is 275 g/mol. The van der Waals surface area contributed by atoms with Crippen molar-refractivity contribution in [1.82, 2.24) is 9.80 Å². The summed E-state index contributed by atoms with van der Waals surface area (Å²) in [6.07, 6.45) is 1.25. The summed E-state index contributed by atoms with van der Waals surface area (Å²) in [5.41, 5.74) is 0.496. The Kier molecular flexibility index (Phi) is 3.77. The molecule has 0 atom stereocenters. The van der Waals surface area contributed by atoms with Crippen LogP contribution in [0.5, 0.6) is 0 Å². The number of halogens is 1. The second kappa shape index (κ2) is 5.71. The maximum absolute atomic E-state index is 12.9. The molecule has 2 fully saturated rings. The van der Waals surface area contributed by atoms with Gasteiger partial charge in [-0.2, -0.15) is 0 Å². The first-order valence-corrected chi connectivity index (χ1v) is 7.13. The van der Waals surface area contributed by atoms with Gasteiger partial charge in [0.15, 0.2) is 0 Å². The molecule has 0 radical (unpaired) electrons. The first kappa shape index (κ1) is 13.9. The highest BCUT2D eigenvalue weighted by Gasteiger charge is 2.33. The van der Waals surface area contributed by atoms with Crippen LogP contribution in [0.25, 0.3) is 0 Å². The lowest BCUT2D eigenvalue weighted by Gasteiger charge is -2.35. The molecule has 0 spiro atoms. The molecule has 2 aliphatic rings. The first-order valence-electron chi connectivity index (χ1n) is 7.13. The van der Waals surface area contributed by atoms with Crippen LogP contribution in [0.1, 0.15) is 23.2 Å². The monoisotopic (exact) mass is 292 g/mol. The van der Waals surface area contributed by atoms with Crippen LogP contribution in [0.15, 0.2) is 24.3 Å². The van der Waals surface area contributed by atoms with Gasteiger partial charge in [0.25, 0.3) is 5.91 Å². The van der Waals surface area contributed by atoms with Gasteiger partial charge in [-0.05, 0) is 37.1 Å². The van der Waals surface area contributed by atoms with E-state index < -0.39 is 0 Å². The van der Waals surface area contributed by atoms with E-state index >= 15 is 0 Å². The summed E-state index contributed by atoms with van der Waals surface area (Å²) in [5, 5.41) is 0. The zero-order valence-corrected chi connectivity index (χ0v) is 11.6. The van der Waals surface area contributed by atoms with Gasteiger partial charge in [0.05, 0.1) is 6.54 Å². The van der Waals surface area contributed by atoms with Gasteiger partial charge in [-0.1, -0.05) is 0 Å².